The second-order valence-corrected chi connectivity index (χ2v) is 5.51. The molecule has 1 fully saturated rings. The van der Waals surface area contributed by atoms with Gasteiger partial charge in [0.1, 0.15) is 11.0 Å². The number of nitrogens with zero attached hydrogens (tertiary/aromatic N) is 2. The Bertz CT molecular complexity index is 398. The van der Waals surface area contributed by atoms with Crippen LogP contribution in [0.1, 0.15) is 32.6 Å². The highest BCUT2D eigenvalue weighted by Gasteiger charge is 2.33. The van der Waals surface area contributed by atoms with E-state index in [9.17, 15) is 5.11 Å². The van der Waals surface area contributed by atoms with E-state index in [2.05, 4.69) is 15.3 Å². The highest BCUT2D eigenvalue weighted by molar-refractivity contribution is 6.29. The molecule has 5 nitrogen and oxygen atoms in total. The quantitative estimate of drug-likeness (QED) is 0.730. The third-order valence-electron chi connectivity index (χ3n) is 3.57. The fourth-order valence-electron chi connectivity index (χ4n) is 2.49. The van der Waals surface area contributed by atoms with Gasteiger partial charge in [-0.15, -0.1) is 0 Å². The summed E-state index contributed by atoms with van der Waals surface area (Å²) in [6.07, 6.45) is 4.57. The Morgan fingerprint density at radius 3 is 2.78 bits per heavy atom. The first kappa shape index (κ1) is 13.4. The van der Waals surface area contributed by atoms with Crippen molar-refractivity contribution in [2.24, 2.45) is 5.92 Å². The minimum Gasteiger partial charge on any atom is -0.388 e. The fourth-order valence-corrected chi connectivity index (χ4v) is 2.68. The molecule has 4 N–H and O–H groups in total. The zero-order chi connectivity index (χ0) is 13.2. The second kappa shape index (κ2) is 5.28. The van der Waals surface area contributed by atoms with E-state index in [1.807, 2.05) is 6.92 Å². The summed E-state index contributed by atoms with van der Waals surface area (Å²) in [5, 5.41) is 13.8. The number of halogens is 1. The number of aliphatic hydroxyl groups is 1. The van der Waals surface area contributed by atoms with E-state index in [4.69, 9.17) is 17.3 Å². The van der Waals surface area contributed by atoms with E-state index < -0.39 is 5.60 Å². The highest BCUT2D eigenvalue weighted by atomic mass is 35.5. The zero-order valence-electron chi connectivity index (χ0n) is 10.5. The minimum atomic E-state index is -0.733. The first-order valence-corrected chi connectivity index (χ1v) is 6.61. The summed E-state index contributed by atoms with van der Waals surface area (Å²) in [6.45, 7) is 2.30. The number of aromatic nitrogens is 2. The number of nitrogens with one attached hydrogen (secondary N) is 1. The summed E-state index contributed by atoms with van der Waals surface area (Å²) in [7, 11) is 0. The van der Waals surface area contributed by atoms with Crippen molar-refractivity contribution in [2.45, 2.75) is 38.2 Å². The molecular formula is C12H19ClN4O. The van der Waals surface area contributed by atoms with Crippen LogP contribution in [0.2, 0.25) is 5.15 Å². The van der Waals surface area contributed by atoms with Crippen molar-refractivity contribution in [1.82, 2.24) is 9.97 Å². The summed E-state index contributed by atoms with van der Waals surface area (Å²) in [6, 6.07) is 1.60. The second-order valence-electron chi connectivity index (χ2n) is 5.13. The van der Waals surface area contributed by atoms with E-state index in [-0.39, 0.29) is 5.95 Å². The zero-order valence-corrected chi connectivity index (χ0v) is 11.2. The van der Waals surface area contributed by atoms with Gasteiger partial charge in [-0.25, -0.2) is 4.98 Å². The summed E-state index contributed by atoms with van der Waals surface area (Å²) >= 11 is 5.79. The lowest BCUT2D eigenvalue weighted by molar-refractivity contribution is 0.0142. The average molecular weight is 271 g/mol. The maximum atomic E-state index is 10.4. The van der Waals surface area contributed by atoms with Crippen LogP contribution in [0.15, 0.2) is 6.07 Å². The fraction of sp³-hybridized carbons (Fsp3) is 0.667. The maximum absolute atomic E-state index is 10.4. The van der Waals surface area contributed by atoms with Crippen LogP contribution in [0.25, 0.3) is 0 Å². The molecule has 0 aromatic carbocycles. The van der Waals surface area contributed by atoms with E-state index in [0.717, 1.165) is 12.8 Å². The van der Waals surface area contributed by atoms with E-state index in [1.165, 1.54) is 12.8 Å². The molecule has 1 saturated carbocycles. The number of anilines is 2. The molecule has 1 atom stereocenters. The van der Waals surface area contributed by atoms with Gasteiger partial charge in [0, 0.05) is 12.6 Å². The Hall–Kier alpha value is -1.07. The molecular weight excluding hydrogens is 252 g/mol. The highest BCUT2D eigenvalue weighted by Crippen LogP contribution is 2.34. The normalized spacial score (nSPS) is 19.7. The molecule has 1 aromatic rings. The Balaban J connectivity index is 1.97. The van der Waals surface area contributed by atoms with E-state index >= 15 is 0 Å². The van der Waals surface area contributed by atoms with Gasteiger partial charge in [0.15, 0.2) is 0 Å². The summed E-state index contributed by atoms with van der Waals surface area (Å²) in [5.41, 5.74) is 4.78. The van der Waals surface area contributed by atoms with Crippen LogP contribution in [-0.2, 0) is 0 Å². The first-order chi connectivity index (χ1) is 8.47. The molecule has 18 heavy (non-hydrogen) atoms. The smallest absolute Gasteiger partial charge is 0.223 e. The Kier molecular flexibility index (Phi) is 3.92. The Morgan fingerprint density at radius 1 is 1.50 bits per heavy atom. The van der Waals surface area contributed by atoms with Crippen molar-refractivity contribution in [3.63, 3.8) is 0 Å². The predicted octanol–water partition coefficient (Wildman–Crippen LogP) is 2.07. The van der Waals surface area contributed by atoms with Gasteiger partial charge < -0.3 is 16.2 Å². The molecule has 0 bridgehead atoms. The largest absolute Gasteiger partial charge is 0.388 e. The predicted molar refractivity (Wildman–Crippen MR) is 72.5 cm³/mol. The van der Waals surface area contributed by atoms with Crippen molar-refractivity contribution in [2.75, 3.05) is 17.6 Å². The molecule has 1 unspecified atom stereocenters. The van der Waals surface area contributed by atoms with Gasteiger partial charge in [-0.05, 0) is 25.7 Å². The summed E-state index contributed by atoms with van der Waals surface area (Å²) in [4.78, 5) is 7.81. The van der Waals surface area contributed by atoms with E-state index in [1.54, 1.807) is 6.07 Å². The molecule has 1 heterocycles. The standard InChI is InChI=1S/C12H19ClN4O/c1-12(18,8-4-2-3-5-8)7-15-10-6-9(13)16-11(14)17-10/h6,8,18H,2-5,7H2,1H3,(H3,14,15,16,17). The van der Waals surface area contributed by atoms with Gasteiger partial charge in [-0.1, -0.05) is 24.4 Å². The van der Waals surface area contributed by atoms with Gasteiger partial charge in [0.05, 0.1) is 5.60 Å². The average Bonchev–Trinajstić information content (AvgIpc) is 2.79. The molecule has 1 aliphatic rings. The van der Waals surface area contributed by atoms with Crippen molar-refractivity contribution >= 4 is 23.4 Å². The molecule has 0 radical (unpaired) electrons. The maximum Gasteiger partial charge on any atom is 0.223 e. The molecule has 2 rings (SSSR count). The van der Waals surface area contributed by atoms with Crippen LogP contribution in [-0.4, -0.2) is 27.2 Å². The lowest BCUT2D eigenvalue weighted by Crippen LogP contribution is -2.40. The molecule has 100 valence electrons. The molecule has 1 aliphatic carbocycles. The van der Waals surface area contributed by atoms with Crippen LogP contribution in [0.5, 0.6) is 0 Å². The summed E-state index contributed by atoms with van der Waals surface area (Å²) < 4.78 is 0. The molecule has 6 heteroatoms. The topological polar surface area (TPSA) is 84.1 Å². The van der Waals surface area contributed by atoms with Crippen molar-refractivity contribution in [1.29, 1.82) is 0 Å². The van der Waals surface area contributed by atoms with Gasteiger partial charge in [-0.3, -0.25) is 0 Å². The monoisotopic (exact) mass is 270 g/mol. The van der Waals surface area contributed by atoms with Crippen LogP contribution in [0.3, 0.4) is 0 Å². The van der Waals surface area contributed by atoms with Crippen molar-refractivity contribution < 1.29 is 5.11 Å². The van der Waals surface area contributed by atoms with Crippen LogP contribution >= 0.6 is 11.6 Å². The Morgan fingerprint density at radius 2 is 2.17 bits per heavy atom. The molecule has 0 aliphatic heterocycles. The molecule has 0 saturated heterocycles. The van der Waals surface area contributed by atoms with Gasteiger partial charge >= 0.3 is 0 Å². The van der Waals surface area contributed by atoms with Gasteiger partial charge in [0.2, 0.25) is 5.95 Å². The van der Waals surface area contributed by atoms with Crippen LogP contribution < -0.4 is 11.1 Å². The lowest BCUT2D eigenvalue weighted by atomic mass is 9.88. The van der Waals surface area contributed by atoms with Crippen LogP contribution in [0.4, 0.5) is 11.8 Å². The van der Waals surface area contributed by atoms with E-state index in [0.29, 0.717) is 23.4 Å². The van der Waals surface area contributed by atoms with Crippen molar-refractivity contribution in [3.05, 3.63) is 11.2 Å². The number of rotatable bonds is 4. The summed E-state index contributed by atoms with van der Waals surface area (Å²) in [5.74, 6) is 1.02. The Labute approximate surface area is 112 Å². The minimum absolute atomic E-state index is 0.130. The van der Waals surface area contributed by atoms with Crippen molar-refractivity contribution in [3.8, 4) is 0 Å². The SMILES string of the molecule is CC(O)(CNc1cc(Cl)nc(N)n1)C1CCCC1. The van der Waals surface area contributed by atoms with Gasteiger partial charge in [0.25, 0.3) is 0 Å². The number of nitrogen functional groups attached to an aromatic ring is 1. The molecule has 0 spiro atoms. The number of hydrogen-bond donors (Lipinski definition) is 3. The lowest BCUT2D eigenvalue weighted by Gasteiger charge is -2.30. The molecule has 1 aromatic heterocycles. The first-order valence-electron chi connectivity index (χ1n) is 6.24. The van der Waals surface area contributed by atoms with Crippen LogP contribution in [0, 0.1) is 5.92 Å². The molecule has 0 amide bonds. The van der Waals surface area contributed by atoms with Gasteiger partial charge in [-0.2, -0.15) is 4.98 Å². The number of hydrogen-bond acceptors (Lipinski definition) is 5. The third-order valence-corrected chi connectivity index (χ3v) is 3.77. The number of nitrogens with two attached hydrogens (primary N) is 1. The third kappa shape index (κ3) is 3.23.